The lowest BCUT2D eigenvalue weighted by molar-refractivity contribution is 0.337. The molecule has 2 heterocycles. The highest BCUT2D eigenvalue weighted by Gasteiger charge is 2.21. The molecule has 19 heavy (non-hydrogen) atoms. The van der Waals surface area contributed by atoms with Gasteiger partial charge in [0.15, 0.2) is 0 Å². The summed E-state index contributed by atoms with van der Waals surface area (Å²) >= 11 is 5.08. The highest BCUT2D eigenvalue weighted by atomic mass is 32.1. The average Bonchev–Trinajstić information content (AvgIpc) is 2.49. The number of rotatable bonds is 2. The number of pyridine rings is 1. The highest BCUT2D eigenvalue weighted by molar-refractivity contribution is 7.80. The molecule has 5 heteroatoms. The first kappa shape index (κ1) is 14.2. The summed E-state index contributed by atoms with van der Waals surface area (Å²) in [4.78, 5) is 9.82. The Morgan fingerprint density at radius 1 is 1.42 bits per heavy atom. The SMILES string of the molecule is Cc1cc(C(N)=S)cc(N2CCCN(C)CC2C)n1. The van der Waals surface area contributed by atoms with Gasteiger partial charge in [0.25, 0.3) is 0 Å². The molecule has 0 bridgehead atoms. The number of thiocarbonyl (C=S) groups is 1. The van der Waals surface area contributed by atoms with Gasteiger partial charge in [0.05, 0.1) is 0 Å². The molecule has 2 rings (SSSR count). The van der Waals surface area contributed by atoms with Crippen LogP contribution in [0.2, 0.25) is 0 Å². The molecule has 4 nitrogen and oxygen atoms in total. The van der Waals surface area contributed by atoms with E-state index in [1.807, 2.05) is 19.1 Å². The van der Waals surface area contributed by atoms with Crippen LogP contribution in [0.5, 0.6) is 0 Å². The lowest BCUT2D eigenvalue weighted by Gasteiger charge is -2.29. The third-order valence-corrected chi connectivity index (χ3v) is 3.80. The highest BCUT2D eigenvalue weighted by Crippen LogP contribution is 2.20. The Labute approximate surface area is 120 Å². The number of aromatic nitrogens is 1. The van der Waals surface area contributed by atoms with E-state index in [0.717, 1.165) is 43.1 Å². The molecule has 1 aliphatic heterocycles. The van der Waals surface area contributed by atoms with Crippen molar-refractivity contribution in [3.8, 4) is 0 Å². The predicted molar refractivity (Wildman–Crippen MR) is 83.8 cm³/mol. The number of aryl methyl sites for hydroxylation is 1. The third-order valence-electron chi connectivity index (χ3n) is 3.57. The molecule has 1 aliphatic rings. The maximum Gasteiger partial charge on any atom is 0.129 e. The number of hydrogen-bond donors (Lipinski definition) is 1. The van der Waals surface area contributed by atoms with Crippen LogP contribution in [0.4, 0.5) is 5.82 Å². The summed E-state index contributed by atoms with van der Waals surface area (Å²) in [5, 5.41) is 0. The normalized spacial score (nSPS) is 21.2. The summed E-state index contributed by atoms with van der Waals surface area (Å²) in [6.45, 7) is 7.44. The maximum atomic E-state index is 5.75. The molecule has 0 radical (unpaired) electrons. The second-order valence-corrected chi connectivity index (χ2v) is 5.82. The van der Waals surface area contributed by atoms with Crippen LogP contribution >= 0.6 is 12.2 Å². The molecule has 0 aliphatic carbocycles. The van der Waals surface area contributed by atoms with Crippen molar-refractivity contribution in [2.75, 3.05) is 31.6 Å². The van der Waals surface area contributed by atoms with Gasteiger partial charge >= 0.3 is 0 Å². The molecule has 1 saturated heterocycles. The minimum absolute atomic E-state index is 0.436. The molecule has 1 aromatic heterocycles. The number of anilines is 1. The van der Waals surface area contributed by atoms with Gasteiger partial charge in [-0.2, -0.15) is 0 Å². The minimum Gasteiger partial charge on any atom is -0.389 e. The van der Waals surface area contributed by atoms with Crippen molar-refractivity contribution in [3.05, 3.63) is 23.4 Å². The zero-order valence-corrected chi connectivity index (χ0v) is 12.7. The largest absolute Gasteiger partial charge is 0.389 e. The fraction of sp³-hybridized carbons (Fsp3) is 0.571. The quantitative estimate of drug-likeness (QED) is 0.832. The van der Waals surface area contributed by atoms with Crippen molar-refractivity contribution in [2.45, 2.75) is 26.3 Å². The molecular weight excluding hydrogens is 256 g/mol. The third kappa shape index (κ3) is 3.42. The summed E-state index contributed by atoms with van der Waals surface area (Å²) in [6, 6.07) is 4.40. The molecule has 0 amide bonds. The van der Waals surface area contributed by atoms with Crippen molar-refractivity contribution in [1.82, 2.24) is 9.88 Å². The standard InChI is InChI=1S/C14H22N4S/c1-10-7-12(14(15)19)8-13(16-10)18-6-4-5-17(3)9-11(18)2/h7-8,11H,4-6,9H2,1-3H3,(H2,15,19). The van der Waals surface area contributed by atoms with Crippen LogP contribution in [0.25, 0.3) is 0 Å². The molecule has 0 aromatic carbocycles. The number of nitrogens with two attached hydrogens (primary N) is 1. The topological polar surface area (TPSA) is 45.4 Å². The van der Waals surface area contributed by atoms with Crippen LogP contribution < -0.4 is 10.6 Å². The molecule has 104 valence electrons. The van der Waals surface area contributed by atoms with E-state index >= 15 is 0 Å². The number of hydrogen-bond acceptors (Lipinski definition) is 4. The molecule has 1 atom stereocenters. The van der Waals surface area contributed by atoms with Crippen molar-refractivity contribution >= 4 is 23.0 Å². The average molecular weight is 278 g/mol. The van der Waals surface area contributed by atoms with E-state index in [9.17, 15) is 0 Å². The molecule has 1 fully saturated rings. The summed E-state index contributed by atoms with van der Waals surface area (Å²) in [5.74, 6) is 0.991. The van der Waals surface area contributed by atoms with E-state index in [2.05, 4.69) is 28.8 Å². The van der Waals surface area contributed by atoms with E-state index in [4.69, 9.17) is 18.0 Å². The maximum absolute atomic E-state index is 5.75. The van der Waals surface area contributed by atoms with Gasteiger partial charge in [-0.05, 0) is 46.0 Å². The Bertz CT molecular complexity index is 475. The van der Waals surface area contributed by atoms with Crippen molar-refractivity contribution in [2.24, 2.45) is 5.73 Å². The van der Waals surface area contributed by atoms with Gasteiger partial charge in [-0.1, -0.05) is 12.2 Å². The Balaban J connectivity index is 2.31. The zero-order chi connectivity index (χ0) is 14.0. The monoisotopic (exact) mass is 278 g/mol. The first-order valence-corrected chi connectivity index (χ1v) is 7.12. The van der Waals surface area contributed by atoms with E-state index in [1.165, 1.54) is 0 Å². The number of nitrogens with zero attached hydrogens (tertiary/aromatic N) is 3. The van der Waals surface area contributed by atoms with Crippen LogP contribution in [0.1, 0.15) is 24.6 Å². The van der Waals surface area contributed by atoms with E-state index in [0.29, 0.717) is 11.0 Å². The van der Waals surface area contributed by atoms with Crippen LogP contribution in [0.15, 0.2) is 12.1 Å². The molecule has 2 N–H and O–H groups in total. The second kappa shape index (κ2) is 5.84. The Morgan fingerprint density at radius 2 is 2.16 bits per heavy atom. The molecular formula is C14H22N4S. The Hall–Kier alpha value is -1.20. The lowest BCUT2D eigenvalue weighted by atomic mass is 10.2. The van der Waals surface area contributed by atoms with E-state index in [1.54, 1.807) is 0 Å². The van der Waals surface area contributed by atoms with Gasteiger partial charge in [0.2, 0.25) is 0 Å². The van der Waals surface area contributed by atoms with E-state index < -0.39 is 0 Å². The Kier molecular flexibility index (Phi) is 4.37. The first-order valence-electron chi connectivity index (χ1n) is 6.71. The summed E-state index contributed by atoms with van der Waals surface area (Å²) in [5.41, 5.74) is 7.61. The van der Waals surface area contributed by atoms with Crippen LogP contribution in [0.3, 0.4) is 0 Å². The van der Waals surface area contributed by atoms with Gasteiger partial charge in [-0.15, -0.1) is 0 Å². The lowest BCUT2D eigenvalue weighted by Crippen LogP contribution is -2.38. The van der Waals surface area contributed by atoms with E-state index in [-0.39, 0.29) is 0 Å². The Morgan fingerprint density at radius 3 is 2.84 bits per heavy atom. The predicted octanol–water partition coefficient (Wildman–Crippen LogP) is 1.55. The first-order chi connectivity index (χ1) is 8.97. The van der Waals surface area contributed by atoms with Crippen molar-refractivity contribution < 1.29 is 0 Å². The molecule has 0 spiro atoms. The summed E-state index contributed by atoms with van der Waals surface area (Å²) < 4.78 is 0. The van der Waals surface area contributed by atoms with Crippen LogP contribution in [0, 0.1) is 6.92 Å². The smallest absolute Gasteiger partial charge is 0.129 e. The van der Waals surface area contributed by atoms with Gasteiger partial charge in [0, 0.05) is 30.4 Å². The zero-order valence-electron chi connectivity index (χ0n) is 11.9. The fourth-order valence-corrected chi connectivity index (χ4v) is 2.77. The van der Waals surface area contributed by atoms with Gasteiger partial charge in [0.1, 0.15) is 10.8 Å². The van der Waals surface area contributed by atoms with Gasteiger partial charge < -0.3 is 15.5 Å². The second-order valence-electron chi connectivity index (χ2n) is 5.38. The molecule has 1 aromatic rings. The van der Waals surface area contributed by atoms with Crippen LogP contribution in [-0.2, 0) is 0 Å². The van der Waals surface area contributed by atoms with Gasteiger partial charge in [-0.25, -0.2) is 4.98 Å². The summed E-state index contributed by atoms with van der Waals surface area (Å²) in [6.07, 6.45) is 1.15. The van der Waals surface area contributed by atoms with Crippen LogP contribution in [-0.4, -0.2) is 47.6 Å². The summed E-state index contributed by atoms with van der Waals surface area (Å²) in [7, 11) is 2.17. The molecule has 1 unspecified atom stereocenters. The van der Waals surface area contributed by atoms with Crippen molar-refractivity contribution in [3.63, 3.8) is 0 Å². The number of likely N-dealkylation sites (N-methyl/N-ethyl adjacent to an activating group) is 1. The molecule has 0 saturated carbocycles. The fourth-order valence-electron chi connectivity index (χ4n) is 2.65. The van der Waals surface area contributed by atoms with Crippen molar-refractivity contribution in [1.29, 1.82) is 0 Å². The minimum atomic E-state index is 0.436. The van der Waals surface area contributed by atoms with Gasteiger partial charge in [-0.3, -0.25) is 0 Å².